The lowest BCUT2D eigenvalue weighted by atomic mass is 9.83. The van der Waals surface area contributed by atoms with Gasteiger partial charge in [-0.25, -0.2) is 4.39 Å². The van der Waals surface area contributed by atoms with Gasteiger partial charge in [0, 0.05) is 20.0 Å². The number of aromatic nitrogens is 2. The summed E-state index contributed by atoms with van der Waals surface area (Å²) in [5, 5.41) is 2.79. The number of ether oxygens (including phenoxy) is 3. The zero-order chi connectivity index (χ0) is 20.3. The van der Waals surface area contributed by atoms with Crippen LogP contribution in [0.3, 0.4) is 0 Å². The van der Waals surface area contributed by atoms with Gasteiger partial charge in [-0.15, -0.1) is 0 Å². The normalized spacial score (nSPS) is 19.9. The highest BCUT2D eigenvalue weighted by Gasteiger charge is 2.31. The number of rotatable bonds is 9. The monoisotopic (exact) mass is 393 g/mol. The van der Waals surface area contributed by atoms with Crippen molar-refractivity contribution < 1.29 is 23.4 Å². The van der Waals surface area contributed by atoms with Gasteiger partial charge >= 0.3 is 0 Å². The third kappa shape index (κ3) is 4.55. The zero-order valence-electron chi connectivity index (χ0n) is 16.8. The highest BCUT2D eigenvalue weighted by molar-refractivity contribution is 5.79. The minimum atomic E-state index is -0.422. The molecule has 8 heteroatoms. The first kappa shape index (κ1) is 20.4. The van der Waals surface area contributed by atoms with E-state index in [1.54, 1.807) is 23.7 Å². The third-order valence-electron chi connectivity index (χ3n) is 4.87. The Balaban J connectivity index is 1.49. The molecule has 2 aromatic rings. The minimum Gasteiger partial charge on any atom is -0.490 e. The second-order valence-corrected chi connectivity index (χ2v) is 7.34. The minimum absolute atomic E-state index is 0.00547. The Labute approximate surface area is 164 Å². The van der Waals surface area contributed by atoms with E-state index in [0.717, 1.165) is 12.8 Å². The van der Waals surface area contributed by atoms with Crippen LogP contribution in [0, 0.1) is 11.7 Å². The van der Waals surface area contributed by atoms with Gasteiger partial charge in [-0.2, -0.15) is 4.98 Å². The molecule has 1 atom stereocenters. The fourth-order valence-corrected chi connectivity index (χ4v) is 3.41. The molecule has 1 aromatic carbocycles. The maximum atomic E-state index is 14.8. The Bertz CT molecular complexity index is 832. The van der Waals surface area contributed by atoms with E-state index in [1.807, 2.05) is 13.8 Å². The van der Waals surface area contributed by atoms with Crippen LogP contribution in [0.4, 0.5) is 4.39 Å². The molecule has 1 fully saturated rings. The predicted octanol–water partition coefficient (Wildman–Crippen LogP) is 2.81. The number of fused-ring (bicyclic) bond motifs is 1. The molecule has 1 aliphatic rings. The summed E-state index contributed by atoms with van der Waals surface area (Å²) in [6.07, 6.45) is 1.91. The summed E-state index contributed by atoms with van der Waals surface area (Å²) in [7, 11) is 1.73. The largest absolute Gasteiger partial charge is 0.490 e. The number of nitrogens with one attached hydrogen (secondary N) is 1. The standard InChI is InChI=1S/C20H28FN3O4/c1-5-26-20-23-16-6-7-17(18(21)19(16)24(20)4)28-11-14-8-15(9-14)27-10-12(2)22-13(3)25/h6-7,12,14-15H,5,8-11H2,1-4H3,(H,22,25)/t12-,14?,15?/m0/s1. The summed E-state index contributed by atoms with van der Waals surface area (Å²) in [5.74, 6) is 0.0791. The van der Waals surface area contributed by atoms with Crippen LogP contribution in [0.15, 0.2) is 12.1 Å². The van der Waals surface area contributed by atoms with Gasteiger partial charge in [0.05, 0.1) is 31.4 Å². The molecule has 0 radical (unpaired) electrons. The second-order valence-electron chi connectivity index (χ2n) is 7.34. The first-order chi connectivity index (χ1) is 13.4. The lowest BCUT2D eigenvalue weighted by molar-refractivity contribution is -0.120. The Morgan fingerprint density at radius 2 is 2.14 bits per heavy atom. The van der Waals surface area contributed by atoms with Crippen LogP contribution >= 0.6 is 0 Å². The molecule has 1 amide bonds. The van der Waals surface area contributed by atoms with Gasteiger partial charge in [0.25, 0.3) is 6.01 Å². The summed E-state index contributed by atoms with van der Waals surface area (Å²) in [5.41, 5.74) is 0.920. The third-order valence-corrected chi connectivity index (χ3v) is 4.87. The van der Waals surface area contributed by atoms with Gasteiger partial charge in [-0.1, -0.05) is 0 Å². The number of amides is 1. The van der Waals surface area contributed by atoms with E-state index < -0.39 is 5.82 Å². The van der Waals surface area contributed by atoms with Crippen molar-refractivity contribution in [3.63, 3.8) is 0 Å². The maximum Gasteiger partial charge on any atom is 0.297 e. The highest BCUT2D eigenvalue weighted by Crippen LogP contribution is 2.33. The molecule has 0 aliphatic heterocycles. The number of nitrogens with zero attached hydrogens (tertiary/aromatic N) is 2. The van der Waals surface area contributed by atoms with E-state index in [0.29, 0.717) is 42.8 Å². The van der Waals surface area contributed by atoms with Crippen LogP contribution in [-0.2, 0) is 16.6 Å². The van der Waals surface area contributed by atoms with Gasteiger partial charge in [-0.05, 0) is 44.7 Å². The molecule has 0 saturated heterocycles. The molecule has 1 aromatic heterocycles. The summed E-state index contributed by atoms with van der Waals surface area (Å²) in [6, 6.07) is 3.74. The van der Waals surface area contributed by atoms with Crippen molar-refractivity contribution in [2.45, 2.75) is 45.8 Å². The number of imidazole rings is 1. The molecule has 154 valence electrons. The quantitative estimate of drug-likeness (QED) is 0.709. The van der Waals surface area contributed by atoms with Crippen molar-refractivity contribution in [3.8, 4) is 11.8 Å². The van der Waals surface area contributed by atoms with E-state index in [-0.39, 0.29) is 23.8 Å². The number of carbonyl (C=O) groups excluding carboxylic acids is 1. The smallest absolute Gasteiger partial charge is 0.297 e. The SMILES string of the molecule is CCOc1nc2ccc(OCC3CC(OC[C@H](C)NC(C)=O)C3)c(F)c2n1C. The Kier molecular flexibility index (Phi) is 6.39. The highest BCUT2D eigenvalue weighted by atomic mass is 19.1. The van der Waals surface area contributed by atoms with Crippen molar-refractivity contribution in [1.29, 1.82) is 0 Å². The van der Waals surface area contributed by atoms with Crippen LogP contribution in [0.2, 0.25) is 0 Å². The number of aryl methyl sites for hydroxylation is 1. The molecule has 7 nitrogen and oxygen atoms in total. The average Bonchev–Trinajstić information content (AvgIpc) is 2.91. The Morgan fingerprint density at radius 1 is 1.39 bits per heavy atom. The van der Waals surface area contributed by atoms with Gasteiger partial charge in [0.2, 0.25) is 5.91 Å². The molecule has 3 rings (SSSR count). The van der Waals surface area contributed by atoms with E-state index in [1.165, 1.54) is 6.92 Å². The number of halogens is 1. The molecule has 1 saturated carbocycles. The Hall–Kier alpha value is -2.35. The molecule has 0 bridgehead atoms. The van der Waals surface area contributed by atoms with Crippen LogP contribution in [-0.4, -0.2) is 47.4 Å². The molecule has 0 unspecified atom stereocenters. The van der Waals surface area contributed by atoms with Crippen LogP contribution in [0.1, 0.15) is 33.6 Å². The first-order valence-corrected chi connectivity index (χ1v) is 9.68. The molecule has 0 spiro atoms. The fraction of sp³-hybridized carbons (Fsp3) is 0.600. The molecule has 1 aliphatic carbocycles. The van der Waals surface area contributed by atoms with Crippen molar-refractivity contribution in [1.82, 2.24) is 14.9 Å². The van der Waals surface area contributed by atoms with Gasteiger partial charge in [0.1, 0.15) is 5.52 Å². The number of hydrogen-bond donors (Lipinski definition) is 1. The number of hydrogen-bond acceptors (Lipinski definition) is 5. The Morgan fingerprint density at radius 3 is 2.82 bits per heavy atom. The lowest BCUT2D eigenvalue weighted by Crippen LogP contribution is -2.40. The van der Waals surface area contributed by atoms with Gasteiger partial charge in [0.15, 0.2) is 11.6 Å². The number of carbonyl (C=O) groups is 1. The second kappa shape index (κ2) is 8.77. The van der Waals surface area contributed by atoms with E-state index >= 15 is 0 Å². The van der Waals surface area contributed by atoms with Gasteiger partial charge < -0.3 is 19.5 Å². The van der Waals surface area contributed by atoms with Crippen molar-refractivity contribution in [2.24, 2.45) is 13.0 Å². The molecular weight excluding hydrogens is 365 g/mol. The van der Waals surface area contributed by atoms with Crippen molar-refractivity contribution in [2.75, 3.05) is 19.8 Å². The van der Waals surface area contributed by atoms with E-state index in [4.69, 9.17) is 14.2 Å². The van der Waals surface area contributed by atoms with Crippen LogP contribution in [0.25, 0.3) is 11.0 Å². The zero-order valence-corrected chi connectivity index (χ0v) is 16.8. The van der Waals surface area contributed by atoms with E-state index in [9.17, 15) is 9.18 Å². The summed E-state index contributed by atoms with van der Waals surface area (Å²) < 4.78 is 33.4. The number of benzene rings is 1. The fourth-order valence-electron chi connectivity index (χ4n) is 3.41. The van der Waals surface area contributed by atoms with Crippen LogP contribution in [0.5, 0.6) is 11.8 Å². The van der Waals surface area contributed by atoms with Crippen LogP contribution < -0.4 is 14.8 Å². The van der Waals surface area contributed by atoms with Crippen molar-refractivity contribution in [3.05, 3.63) is 17.9 Å². The van der Waals surface area contributed by atoms with Gasteiger partial charge in [-0.3, -0.25) is 9.36 Å². The van der Waals surface area contributed by atoms with Crippen molar-refractivity contribution >= 4 is 16.9 Å². The molecule has 1 heterocycles. The molecule has 1 N–H and O–H groups in total. The lowest BCUT2D eigenvalue weighted by Gasteiger charge is -2.35. The summed E-state index contributed by atoms with van der Waals surface area (Å²) in [6.45, 7) is 6.67. The summed E-state index contributed by atoms with van der Waals surface area (Å²) in [4.78, 5) is 15.3. The maximum absolute atomic E-state index is 14.8. The topological polar surface area (TPSA) is 74.6 Å². The molecule has 28 heavy (non-hydrogen) atoms. The molecular formula is C20H28FN3O4. The predicted molar refractivity (Wildman–Crippen MR) is 103 cm³/mol. The average molecular weight is 393 g/mol. The first-order valence-electron chi connectivity index (χ1n) is 9.68. The van der Waals surface area contributed by atoms with E-state index in [2.05, 4.69) is 10.3 Å². The summed E-state index contributed by atoms with van der Waals surface area (Å²) >= 11 is 0.